The second-order valence-electron chi connectivity index (χ2n) is 9.83. The Bertz CT molecular complexity index is 1300. The number of nitrogens with zero attached hydrogens (tertiary/aromatic N) is 2. The lowest BCUT2D eigenvalue weighted by molar-refractivity contribution is -0.258. The molecule has 0 radical (unpaired) electrons. The largest absolute Gasteiger partial charge is 0.421 e. The van der Waals surface area contributed by atoms with Crippen LogP contribution in [-0.2, 0) is 25.8 Å². The summed E-state index contributed by atoms with van der Waals surface area (Å²) < 4.78 is 67.1. The summed E-state index contributed by atoms with van der Waals surface area (Å²) in [7, 11) is -4.05. The number of carbonyl (C=O) groups is 2. The van der Waals surface area contributed by atoms with Gasteiger partial charge in [0.05, 0.1) is 10.3 Å². The molecule has 2 fully saturated rings. The molecule has 2 amide bonds. The van der Waals surface area contributed by atoms with Crippen molar-refractivity contribution in [1.82, 2.24) is 9.21 Å². The molecular weight excluding hydrogens is 511 g/mol. The Balaban J connectivity index is 1.47. The molecular formula is C25H28F3N3O5S. The van der Waals surface area contributed by atoms with E-state index in [9.17, 15) is 36.3 Å². The van der Waals surface area contributed by atoms with Gasteiger partial charge in [0.2, 0.25) is 21.8 Å². The number of piperazine rings is 1. The number of sulfonamides is 1. The standard InChI is InChI=1S/C25H28F3N3O5S/c1-16-15-30(22(33)24(11-12-24)19-5-3-17(4-6-19)21(29)32)13-14-31(16)37(35,36)20-9-7-18(8-10-20)23(2,34)25(26,27)28/h3-10,16,34H,11-15H2,1-2H3,(H2,29,32)/t16-,23?/m1/s1. The number of hydrogen-bond acceptors (Lipinski definition) is 5. The quantitative estimate of drug-likeness (QED) is 0.585. The number of benzene rings is 2. The van der Waals surface area contributed by atoms with Crippen molar-refractivity contribution in [2.45, 2.75) is 54.8 Å². The van der Waals surface area contributed by atoms with Gasteiger partial charge in [-0.25, -0.2) is 8.42 Å². The second kappa shape index (κ2) is 9.10. The van der Waals surface area contributed by atoms with Crippen LogP contribution < -0.4 is 5.73 Å². The van der Waals surface area contributed by atoms with Crippen molar-refractivity contribution in [1.29, 1.82) is 0 Å². The lowest BCUT2D eigenvalue weighted by Gasteiger charge is -2.40. The number of alkyl halides is 3. The summed E-state index contributed by atoms with van der Waals surface area (Å²) in [5, 5.41) is 9.84. The molecule has 1 unspecified atom stereocenters. The molecule has 1 saturated carbocycles. The maximum Gasteiger partial charge on any atom is 0.421 e. The Labute approximate surface area is 212 Å². The zero-order chi connectivity index (χ0) is 27.4. The van der Waals surface area contributed by atoms with Crippen LogP contribution in [0, 0.1) is 0 Å². The van der Waals surface area contributed by atoms with Crippen molar-refractivity contribution in [2.75, 3.05) is 19.6 Å². The number of carbonyl (C=O) groups excluding carboxylic acids is 2. The van der Waals surface area contributed by atoms with Crippen molar-refractivity contribution in [3.63, 3.8) is 0 Å². The minimum atomic E-state index is -4.92. The molecule has 12 heteroatoms. The Morgan fingerprint density at radius 1 is 1.03 bits per heavy atom. The molecule has 0 bridgehead atoms. The van der Waals surface area contributed by atoms with Gasteiger partial charge < -0.3 is 15.7 Å². The third-order valence-electron chi connectivity index (χ3n) is 7.31. The summed E-state index contributed by atoms with van der Waals surface area (Å²) in [6.07, 6.45) is -3.64. The molecule has 0 spiro atoms. The first-order valence-electron chi connectivity index (χ1n) is 11.7. The van der Waals surface area contributed by atoms with Crippen molar-refractivity contribution < 1.29 is 36.3 Å². The van der Waals surface area contributed by atoms with Gasteiger partial charge in [0.1, 0.15) is 0 Å². The van der Waals surface area contributed by atoms with Crippen LogP contribution >= 0.6 is 0 Å². The van der Waals surface area contributed by atoms with Gasteiger partial charge in [0.25, 0.3) is 0 Å². The van der Waals surface area contributed by atoms with Gasteiger partial charge in [-0.1, -0.05) is 24.3 Å². The average molecular weight is 540 g/mol. The number of rotatable bonds is 6. The summed E-state index contributed by atoms with van der Waals surface area (Å²) in [5.41, 5.74) is 2.11. The lowest BCUT2D eigenvalue weighted by Crippen LogP contribution is -2.57. The number of primary amides is 1. The molecule has 2 aliphatic rings. The third kappa shape index (κ3) is 4.73. The van der Waals surface area contributed by atoms with E-state index in [1.54, 1.807) is 36.1 Å². The predicted octanol–water partition coefficient (Wildman–Crippen LogP) is 2.51. The number of aliphatic hydroxyl groups is 1. The molecule has 8 nitrogen and oxygen atoms in total. The summed E-state index contributed by atoms with van der Waals surface area (Å²) in [4.78, 5) is 26.2. The molecule has 2 aromatic rings. The topological polar surface area (TPSA) is 121 Å². The van der Waals surface area contributed by atoms with E-state index in [-0.39, 0.29) is 30.4 Å². The Kier molecular flexibility index (Phi) is 6.66. The van der Waals surface area contributed by atoms with Crippen molar-refractivity contribution in [3.05, 3.63) is 65.2 Å². The number of amides is 2. The second-order valence-corrected chi connectivity index (χ2v) is 11.7. The maximum atomic E-state index is 13.4. The van der Waals surface area contributed by atoms with Gasteiger partial charge in [-0.05, 0) is 62.1 Å². The Morgan fingerprint density at radius 2 is 1.59 bits per heavy atom. The van der Waals surface area contributed by atoms with Crippen LogP contribution in [0.4, 0.5) is 13.2 Å². The van der Waals surface area contributed by atoms with Crippen LogP contribution in [0.3, 0.4) is 0 Å². The molecule has 4 rings (SSSR count). The molecule has 1 aliphatic carbocycles. The summed E-state index contributed by atoms with van der Waals surface area (Å²) in [6, 6.07) is 10.0. The highest BCUT2D eigenvalue weighted by atomic mass is 32.2. The van der Waals surface area contributed by atoms with E-state index in [4.69, 9.17) is 5.73 Å². The summed E-state index contributed by atoms with van der Waals surface area (Å²) in [6.45, 7) is 2.60. The molecule has 1 aliphatic heterocycles. The first kappa shape index (κ1) is 27.1. The smallest absolute Gasteiger partial charge is 0.376 e. The van der Waals surface area contributed by atoms with E-state index in [1.807, 2.05) is 0 Å². The highest BCUT2D eigenvalue weighted by molar-refractivity contribution is 7.89. The SMILES string of the molecule is C[C@@H]1CN(C(=O)C2(c3ccc(C(N)=O)cc3)CC2)CCN1S(=O)(=O)c1ccc(C(C)(O)C(F)(F)F)cc1. The van der Waals surface area contributed by atoms with Gasteiger partial charge in [-0.2, -0.15) is 17.5 Å². The van der Waals surface area contributed by atoms with Crippen LogP contribution in [0.5, 0.6) is 0 Å². The van der Waals surface area contributed by atoms with Crippen LogP contribution in [0.2, 0.25) is 0 Å². The van der Waals surface area contributed by atoms with Crippen molar-refractivity contribution >= 4 is 21.8 Å². The van der Waals surface area contributed by atoms with Gasteiger partial charge in [-0.15, -0.1) is 0 Å². The van der Waals surface area contributed by atoms with Crippen LogP contribution in [0.25, 0.3) is 0 Å². The van der Waals surface area contributed by atoms with E-state index >= 15 is 0 Å². The Morgan fingerprint density at radius 3 is 2.05 bits per heavy atom. The minimum Gasteiger partial charge on any atom is -0.376 e. The van der Waals surface area contributed by atoms with Gasteiger partial charge >= 0.3 is 6.18 Å². The van der Waals surface area contributed by atoms with E-state index in [2.05, 4.69) is 0 Å². The van der Waals surface area contributed by atoms with E-state index in [0.29, 0.717) is 25.3 Å². The monoisotopic (exact) mass is 539 g/mol. The van der Waals surface area contributed by atoms with Crippen LogP contribution in [-0.4, -0.2) is 66.4 Å². The molecule has 0 aromatic heterocycles. The summed E-state index contributed by atoms with van der Waals surface area (Å²) >= 11 is 0. The molecule has 1 heterocycles. The molecule has 37 heavy (non-hydrogen) atoms. The number of halogens is 3. The molecule has 2 aromatic carbocycles. The fourth-order valence-electron chi connectivity index (χ4n) is 4.74. The van der Waals surface area contributed by atoms with Gasteiger partial charge in [0.15, 0.2) is 5.60 Å². The van der Waals surface area contributed by atoms with Gasteiger partial charge in [0, 0.05) is 31.2 Å². The molecule has 2 atom stereocenters. The number of hydrogen-bond donors (Lipinski definition) is 2. The van der Waals surface area contributed by atoms with E-state index in [1.165, 1.54) is 4.31 Å². The maximum absolute atomic E-state index is 13.4. The van der Waals surface area contributed by atoms with Crippen molar-refractivity contribution in [2.24, 2.45) is 5.73 Å². The fourth-order valence-corrected chi connectivity index (χ4v) is 6.35. The third-order valence-corrected chi connectivity index (χ3v) is 9.34. The zero-order valence-electron chi connectivity index (χ0n) is 20.3. The van der Waals surface area contributed by atoms with E-state index < -0.39 is 44.7 Å². The minimum absolute atomic E-state index is 0.0218. The normalized spacial score (nSPS) is 21.8. The fraction of sp³-hybridized carbons (Fsp3) is 0.440. The molecule has 200 valence electrons. The molecule has 3 N–H and O–H groups in total. The first-order chi connectivity index (χ1) is 17.1. The number of nitrogens with two attached hydrogens (primary N) is 1. The highest BCUT2D eigenvalue weighted by Crippen LogP contribution is 2.50. The predicted molar refractivity (Wildman–Crippen MR) is 128 cm³/mol. The van der Waals surface area contributed by atoms with Crippen molar-refractivity contribution in [3.8, 4) is 0 Å². The molecule has 1 saturated heterocycles. The summed E-state index contributed by atoms with van der Waals surface area (Å²) in [5.74, 6) is -0.670. The Hall–Kier alpha value is -2.96. The zero-order valence-corrected chi connectivity index (χ0v) is 21.1. The van der Waals surface area contributed by atoms with Crippen LogP contribution in [0.15, 0.2) is 53.4 Å². The average Bonchev–Trinajstić information content (AvgIpc) is 3.65. The first-order valence-corrected chi connectivity index (χ1v) is 13.2. The van der Waals surface area contributed by atoms with Crippen LogP contribution in [0.1, 0.15) is 48.2 Å². The lowest BCUT2D eigenvalue weighted by atomic mass is 9.93. The van der Waals surface area contributed by atoms with E-state index in [0.717, 1.165) is 29.8 Å². The highest BCUT2D eigenvalue weighted by Gasteiger charge is 2.54. The van der Waals surface area contributed by atoms with Gasteiger partial charge in [-0.3, -0.25) is 9.59 Å².